The number of aromatic amines is 1. The number of nitrogens with one attached hydrogen (secondary N) is 2. The third-order valence-electron chi connectivity index (χ3n) is 2.40. The van der Waals surface area contributed by atoms with Crippen LogP contribution in [0.2, 0.25) is 0 Å². The van der Waals surface area contributed by atoms with Crippen molar-refractivity contribution < 1.29 is 17.9 Å². The lowest BCUT2D eigenvalue weighted by atomic mass is 10.3. The molecule has 0 aliphatic rings. The van der Waals surface area contributed by atoms with E-state index < -0.39 is 10.0 Å². The summed E-state index contributed by atoms with van der Waals surface area (Å²) in [5.74, 6) is 0.512. The van der Waals surface area contributed by atoms with Crippen LogP contribution in [0, 0.1) is 0 Å². The normalized spacial score (nSPS) is 11.2. The molecule has 0 atom stereocenters. The lowest BCUT2D eigenvalue weighted by molar-refractivity contribution is 0.314. The van der Waals surface area contributed by atoms with Crippen LogP contribution in [0.3, 0.4) is 0 Å². The molecule has 0 saturated carbocycles. The molecule has 0 radical (unpaired) electrons. The molecule has 0 fully saturated rings. The maximum atomic E-state index is 12.2. The van der Waals surface area contributed by atoms with Gasteiger partial charge in [-0.1, -0.05) is 0 Å². The molecule has 10 heteroatoms. The van der Waals surface area contributed by atoms with E-state index in [-0.39, 0.29) is 16.9 Å². The topological polar surface area (TPSA) is 106 Å². The number of aromatic nitrogens is 3. The van der Waals surface area contributed by atoms with E-state index in [2.05, 4.69) is 35.8 Å². The van der Waals surface area contributed by atoms with Crippen LogP contribution < -0.4 is 14.2 Å². The van der Waals surface area contributed by atoms with Crippen LogP contribution in [0.1, 0.15) is 6.92 Å². The van der Waals surface area contributed by atoms with Crippen molar-refractivity contribution in [3.8, 4) is 11.8 Å². The second-order valence-electron chi connectivity index (χ2n) is 3.80. The summed E-state index contributed by atoms with van der Waals surface area (Å²) >= 11 is 3.24. The molecule has 0 spiro atoms. The van der Waals surface area contributed by atoms with Gasteiger partial charge in [-0.15, -0.1) is 5.10 Å². The van der Waals surface area contributed by atoms with Crippen molar-refractivity contribution >= 4 is 31.9 Å². The van der Waals surface area contributed by atoms with E-state index in [1.165, 1.54) is 19.2 Å². The minimum atomic E-state index is -3.79. The highest BCUT2D eigenvalue weighted by Gasteiger charge is 2.18. The molecule has 1 aromatic heterocycles. The number of ether oxygens (including phenoxy) is 2. The summed E-state index contributed by atoms with van der Waals surface area (Å²) in [5.41, 5.74) is 0. The zero-order chi connectivity index (χ0) is 15.5. The molecule has 2 N–H and O–H groups in total. The summed E-state index contributed by atoms with van der Waals surface area (Å²) in [6.45, 7) is 2.16. The molecule has 1 heterocycles. The van der Waals surface area contributed by atoms with Crippen LogP contribution >= 0.6 is 15.9 Å². The number of rotatable bonds is 6. The number of H-pyrrole nitrogens is 1. The number of hydrogen-bond donors (Lipinski definition) is 2. The smallest absolute Gasteiger partial charge is 0.337 e. The third-order valence-corrected chi connectivity index (χ3v) is 4.36. The van der Waals surface area contributed by atoms with Gasteiger partial charge in [0.25, 0.3) is 10.0 Å². The Bertz CT molecular complexity index is 732. The van der Waals surface area contributed by atoms with Gasteiger partial charge in [0.05, 0.1) is 23.1 Å². The van der Waals surface area contributed by atoms with Crippen LogP contribution in [0.4, 0.5) is 5.95 Å². The molecule has 21 heavy (non-hydrogen) atoms. The monoisotopic (exact) mass is 376 g/mol. The summed E-state index contributed by atoms with van der Waals surface area (Å²) in [4.78, 5) is 3.91. The fourth-order valence-electron chi connectivity index (χ4n) is 1.49. The first kappa shape index (κ1) is 15.6. The van der Waals surface area contributed by atoms with Crippen molar-refractivity contribution in [3.05, 3.63) is 22.7 Å². The summed E-state index contributed by atoms with van der Waals surface area (Å²) in [6.07, 6.45) is 0. The van der Waals surface area contributed by atoms with Crippen LogP contribution in [-0.2, 0) is 10.0 Å². The van der Waals surface area contributed by atoms with Gasteiger partial charge in [-0.05, 0) is 41.1 Å². The number of benzene rings is 1. The van der Waals surface area contributed by atoms with Gasteiger partial charge < -0.3 is 9.47 Å². The predicted molar refractivity (Wildman–Crippen MR) is 79.1 cm³/mol. The largest absolute Gasteiger partial charge is 0.496 e. The van der Waals surface area contributed by atoms with E-state index in [1.807, 2.05) is 0 Å². The Morgan fingerprint density at radius 3 is 2.81 bits per heavy atom. The lowest BCUT2D eigenvalue weighted by Crippen LogP contribution is -2.14. The SMILES string of the molecule is CCOc1n[nH]c(NS(=O)(=O)c2ccc(OC)c(Br)c2)n1. The number of methoxy groups -OCH3 is 1. The lowest BCUT2D eigenvalue weighted by Gasteiger charge is -2.07. The van der Waals surface area contributed by atoms with E-state index in [0.29, 0.717) is 16.8 Å². The Morgan fingerprint density at radius 1 is 1.43 bits per heavy atom. The summed E-state index contributed by atoms with van der Waals surface area (Å²) < 4.78 is 37.3. The number of hydrogen-bond acceptors (Lipinski definition) is 6. The molecule has 0 amide bonds. The predicted octanol–water partition coefficient (Wildman–Crippen LogP) is 1.78. The molecule has 2 aromatic rings. The van der Waals surface area contributed by atoms with Crippen molar-refractivity contribution in [1.29, 1.82) is 0 Å². The molecule has 8 nitrogen and oxygen atoms in total. The van der Waals surface area contributed by atoms with Gasteiger partial charge in [0.1, 0.15) is 5.75 Å². The standard InChI is InChI=1S/C11H13BrN4O4S/c1-3-20-11-13-10(14-15-11)16-21(17,18)7-4-5-9(19-2)8(12)6-7/h4-6H,3H2,1-2H3,(H2,13,14,15,16). The Kier molecular flexibility index (Phi) is 4.68. The molecule has 0 bridgehead atoms. The van der Waals surface area contributed by atoms with Gasteiger partial charge in [-0.2, -0.15) is 4.98 Å². The molecule has 0 saturated heterocycles. The Morgan fingerprint density at radius 2 is 2.19 bits per heavy atom. The van der Waals surface area contributed by atoms with E-state index >= 15 is 0 Å². The molecule has 2 rings (SSSR count). The minimum absolute atomic E-state index is 0.0228. The highest BCUT2D eigenvalue weighted by molar-refractivity contribution is 9.10. The third kappa shape index (κ3) is 3.64. The zero-order valence-corrected chi connectivity index (χ0v) is 13.7. The van der Waals surface area contributed by atoms with Crippen LogP contribution in [0.25, 0.3) is 0 Å². The molecule has 0 aliphatic heterocycles. The maximum absolute atomic E-state index is 12.2. The van der Waals surface area contributed by atoms with Crippen molar-refractivity contribution in [2.45, 2.75) is 11.8 Å². The zero-order valence-electron chi connectivity index (χ0n) is 11.3. The molecule has 0 unspecified atom stereocenters. The molecule has 1 aromatic carbocycles. The maximum Gasteiger partial charge on any atom is 0.337 e. The Balaban J connectivity index is 2.23. The van der Waals surface area contributed by atoms with Crippen molar-refractivity contribution in [2.75, 3.05) is 18.4 Å². The first-order chi connectivity index (χ1) is 9.96. The van der Waals surface area contributed by atoms with Gasteiger partial charge in [-0.25, -0.2) is 18.2 Å². The molecule has 0 aliphatic carbocycles. The number of anilines is 1. The first-order valence-corrected chi connectivity index (χ1v) is 8.15. The van der Waals surface area contributed by atoms with E-state index in [9.17, 15) is 8.42 Å². The van der Waals surface area contributed by atoms with E-state index in [4.69, 9.17) is 9.47 Å². The fourth-order valence-corrected chi connectivity index (χ4v) is 3.16. The highest BCUT2D eigenvalue weighted by Crippen LogP contribution is 2.28. The van der Waals surface area contributed by atoms with Gasteiger partial charge in [0.2, 0.25) is 5.95 Å². The molecule has 114 valence electrons. The van der Waals surface area contributed by atoms with Gasteiger partial charge in [0, 0.05) is 0 Å². The van der Waals surface area contributed by atoms with Crippen molar-refractivity contribution in [2.24, 2.45) is 0 Å². The Hall–Kier alpha value is -1.81. The first-order valence-electron chi connectivity index (χ1n) is 5.88. The molecular weight excluding hydrogens is 364 g/mol. The van der Waals surface area contributed by atoms with Crippen LogP contribution in [0.5, 0.6) is 11.8 Å². The quantitative estimate of drug-likeness (QED) is 0.795. The summed E-state index contributed by atoms with van der Waals surface area (Å²) in [6, 6.07) is 4.48. The van der Waals surface area contributed by atoms with Gasteiger partial charge >= 0.3 is 6.01 Å². The Labute approximate surface area is 130 Å². The second-order valence-corrected chi connectivity index (χ2v) is 6.34. The number of nitrogens with zero attached hydrogens (tertiary/aromatic N) is 2. The van der Waals surface area contributed by atoms with Crippen LogP contribution in [0.15, 0.2) is 27.6 Å². The summed E-state index contributed by atoms with van der Waals surface area (Å²) in [7, 11) is -2.29. The van der Waals surface area contributed by atoms with Crippen molar-refractivity contribution in [1.82, 2.24) is 15.2 Å². The number of sulfonamides is 1. The highest BCUT2D eigenvalue weighted by atomic mass is 79.9. The fraction of sp³-hybridized carbons (Fsp3) is 0.273. The van der Waals surface area contributed by atoms with Crippen molar-refractivity contribution in [3.63, 3.8) is 0 Å². The average Bonchev–Trinajstić information content (AvgIpc) is 2.85. The van der Waals surface area contributed by atoms with E-state index in [1.54, 1.807) is 13.0 Å². The second kappa shape index (κ2) is 6.31. The minimum Gasteiger partial charge on any atom is -0.496 e. The molecular formula is C11H13BrN4O4S. The number of halogens is 1. The average molecular weight is 377 g/mol. The summed E-state index contributed by atoms with van der Waals surface area (Å²) in [5, 5.41) is 6.15. The van der Waals surface area contributed by atoms with Gasteiger partial charge in [-0.3, -0.25) is 0 Å². The van der Waals surface area contributed by atoms with Gasteiger partial charge in [0.15, 0.2) is 0 Å². The van der Waals surface area contributed by atoms with Crippen LogP contribution in [-0.4, -0.2) is 37.3 Å². The van der Waals surface area contributed by atoms with E-state index in [0.717, 1.165) is 0 Å².